The minimum Gasteiger partial charge on any atom is -0.311 e. The van der Waals surface area contributed by atoms with Crippen molar-refractivity contribution in [3.05, 3.63) is 34.6 Å². The topological polar surface area (TPSA) is 30.7 Å². The van der Waals surface area contributed by atoms with E-state index in [1.165, 1.54) is 6.42 Å². The summed E-state index contributed by atoms with van der Waals surface area (Å²) in [5.41, 5.74) is 1.13. The molecule has 0 spiro atoms. The summed E-state index contributed by atoms with van der Waals surface area (Å²) in [5, 5.41) is 8.65. The van der Waals surface area contributed by atoms with Crippen LogP contribution in [0.15, 0.2) is 28.7 Å². The molecule has 0 N–H and O–H groups in total. The molecule has 2 heterocycles. The lowest BCUT2D eigenvalue weighted by Crippen LogP contribution is -2.18. The van der Waals surface area contributed by atoms with Crippen LogP contribution < -0.4 is 0 Å². The first-order valence-corrected chi connectivity index (χ1v) is 6.72. The molecule has 0 amide bonds. The van der Waals surface area contributed by atoms with Crippen molar-refractivity contribution in [1.29, 1.82) is 0 Å². The summed E-state index contributed by atoms with van der Waals surface area (Å²) in [6.07, 6.45) is 2.26. The molecule has 1 unspecified atom stereocenters. The third kappa shape index (κ3) is 1.90. The summed E-state index contributed by atoms with van der Waals surface area (Å²) in [6.45, 7) is 3.31. The second kappa shape index (κ2) is 4.26. The molecule has 1 aromatic carbocycles. The van der Waals surface area contributed by atoms with E-state index in [1.807, 2.05) is 18.2 Å². The Labute approximate surface area is 109 Å². The largest absolute Gasteiger partial charge is 0.311 e. The monoisotopic (exact) mass is 291 g/mol. The lowest BCUT2D eigenvalue weighted by molar-refractivity contribution is 0.396. The maximum Gasteiger partial charge on any atom is 0.165 e. The van der Waals surface area contributed by atoms with Gasteiger partial charge in [0.05, 0.1) is 0 Å². The molecule has 4 heteroatoms. The minimum atomic E-state index is 0.708. The van der Waals surface area contributed by atoms with E-state index in [0.717, 1.165) is 34.7 Å². The Morgan fingerprint density at radius 3 is 2.94 bits per heavy atom. The Bertz CT molecular complexity index is 547. The number of hydrogen-bond acceptors (Lipinski definition) is 2. The van der Waals surface area contributed by atoms with E-state index < -0.39 is 0 Å². The molecular weight excluding hydrogens is 278 g/mol. The molecule has 0 fully saturated rings. The summed E-state index contributed by atoms with van der Waals surface area (Å²) in [6, 6.07) is 8.18. The average Bonchev–Trinajstić information content (AvgIpc) is 2.72. The van der Waals surface area contributed by atoms with E-state index >= 15 is 0 Å². The standard InChI is InChI=1S/C13H14BrN3/c1-9-6-7-12-15-16-13(17(12)8-9)10-4-2-3-5-11(10)14/h2-5,9H,6-8H2,1H3. The van der Waals surface area contributed by atoms with Crippen molar-refractivity contribution in [2.45, 2.75) is 26.3 Å². The number of rotatable bonds is 1. The number of halogens is 1. The second-order valence-corrected chi connectivity index (χ2v) is 5.53. The average molecular weight is 292 g/mol. The molecule has 17 heavy (non-hydrogen) atoms. The van der Waals surface area contributed by atoms with Crippen LogP contribution in [0, 0.1) is 5.92 Å². The molecule has 1 aromatic heterocycles. The van der Waals surface area contributed by atoms with Crippen LogP contribution in [0.3, 0.4) is 0 Å². The van der Waals surface area contributed by atoms with Crippen LogP contribution >= 0.6 is 15.9 Å². The van der Waals surface area contributed by atoms with Gasteiger partial charge in [-0.1, -0.05) is 41.1 Å². The predicted molar refractivity (Wildman–Crippen MR) is 70.6 cm³/mol. The number of aryl methyl sites for hydroxylation is 1. The molecule has 2 aromatic rings. The van der Waals surface area contributed by atoms with E-state index in [0.29, 0.717) is 5.92 Å². The highest BCUT2D eigenvalue weighted by atomic mass is 79.9. The zero-order chi connectivity index (χ0) is 11.8. The molecule has 1 atom stereocenters. The van der Waals surface area contributed by atoms with Gasteiger partial charge in [0.2, 0.25) is 0 Å². The van der Waals surface area contributed by atoms with Gasteiger partial charge in [0, 0.05) is 23.0 Å². The molecule has 0 aliphatic carbocycles. The van der Waals surface area contributed by atoms with Crippen LogP contribution in [0.2, 0.25) is 0 Å². The van der Waals surface area contributed by atoms with Crippen molar-refractivity contribution in [1.82, 2.24) is 14.8 Å². The van der Waals surface area contributed by atoms with Gasteiger partial charge in [-0.25, -0.2) is 0 Å². The minimum absolute atomic E-state index is 0.708. The van der Waals surface area contributed by atoms with Crippen LogP contribution in [-0.4, -0.2) is 14.8 Å². The molecule has 88 valence electrons. The number of nitrogens with zero attached hydrogens (tertiary/aromatic N) is 3. The highest BCUT2D eigenvalue weighted by molar-refractivity contribution is 9.10. The van der Waals surface area contributed by atoms with Crippen molar-refractivity contribution in [3.8, 4) is 11.4 Å². The van der Waals surface area contributed by atoms with Crippen LogP contribution in [0.5, 0.6) is 0 Å². The normalized spacial score (nSPS) is 19.1. The quantitative estimate of drug-likeness (QED) is 0.807. The van der Waals surface area contributed by atoms with Crippen molar-refractivity contribution in [2.75, 3.05) is 0 Å². The highest BCUT2D eigenvalue weighted by Crippen LogP contribution is 2.30. The maximum atomic E-state index is 4.35. The Balaban J connectivity index is 2.11. The molecule has 3 nitrogen and oxygen atoms in total. The smallest absolute Gasteiger partial charge is 0.165 e. The van der Waals surface area contributed by atoms with Crippen molar-refractivity contribution >= 4 is 15.9 Å². The first-order valence-electron chi connectivity index (χ1n) is 5.92. The number of fused-ring (bicyclic) bond motifs is 1. The van der Waals surface area contributed by atoms with Crippen molar-refractivity contribution < 1.29 is 0 Å². The van der Waals surface area contributed by atoms with Crippen molar-refractivity contribution in [3.63, 3.8) is 0 Å². The van der Waals surface area contributed by atoms with Crippen LogP contribution in [0.4, 0.5) is 0 Å². The molecule has 0 radical (unpaired) electrons. The van der Waals surface area contributed by atoms with E-state index in [4.69, 9.17) is 0 Å². The second-order valence-electron chi connectivity index (χ2n) is 4.67. The fourth-order valence-electron chi connectivity index (χ4n) is 2.33. The molecule has 0 saturated carbocycles. The fourth-order valence-corrected chi connectivity index (χ4v) is 2.79. The van der Waals surface area contributed by atoms with Crippen LogP contribution in [-0.2, 0) is 13.0 Å². The van der Waals surface area contributed by atoms with Gasteiger partial charge >= 0.3 is 0 Å². The van der Waals surface area contributed by atoms with Crippen LogP contribution in [0.25, 0.3) is 11.4 Å². The summed E-state index contributed by atoms with van der Waals surface area (Å²) in [7, 11) is 0. The van der Waals surface area contributed by atoms with Gasteiger partial charge in [-0.3, -0.25) is 0 Å². The third-order valence-electron chi connectivity index (χ3n) is 3.30. The van der Waals surface area contributed by atoms with Gasteiger partial charge in [-0.2, -0.15) is 0 Å². The third-order valence-corrected chi connectivity index (χ3v) is 3.99. The van der Waals surface area contributed by atoms with E-state index in [2.05, 4.69) is 43.7 Å². The van der Waals surface area contributed by atoms with Gasteiger partial charge in [-0.05, 0) is 18.4 Å². The zero-order valence-corrected chi connectivity index (χ0v) is 11.3. The summed E-state index contributed by atoms with van der Waals surface area (Å²) in [4.78, 5) is 0. The number of aromatic nitrogens is 3. The van der Waals surface area contributed by atoms with Gasteiger partial charge in [0.15, 0.2) is 5.82 Å². The zero-order valence-electron chi connectivity index (χ0n) is 9.73. The number of hydrogen-bond donors (Lipinski definition) is 0. The molecule has 3 rings (SSSR count). The summed E-state index contributed by atoms with van der Waals surface area (Å²) >= 11 is 3.58. The fraction of sp³-hybridized carbons (Fsp3) is 0.385. The maximum absolute atomic E-state index is 4.35. The highest BCUT2D eigenvalue weighted by Gasteiger charge is 2.21. The van der Waals surface area contributed by atoms with Gasteiger partial charge in [0.25, 0.3) is 0 Å². The molecule has 1 aliphatic heterocycles. The predicted octanol–water partition coefficient (Wildman–Crippen LogP) is 3.29. The Hall–Kier alpha value is -1.16. The van der Waals surface area contributed by atoms with Gasteiger partial charge in [0.1, 0.15) is 5.82 Å². The van der Waals surface area contributed by atoms with Crippen LogP contribution in [0.1, 0.15) is 19.2 Å². The first-order chi connectivity index (χ1) is 8.25. The lowest BCUT2D eigenvalue weighted by Gasteiger charge is -2.21. The molecular formula is C13H14BrN3. The Morgan fingerprint density at radius 2 is 2.12 bits per heavy atom. The van der Waals surface area contributed by atoms with Gasteiger partial charge in [-0.15, -0.1) is 10.2 Å². The molecule has 0 bridgehead atoms. The summed E-state index contributed by atoms with van der Waals surface area (Å²) in [5.74, 6) is 2.81. The first kappa shape index (κ1) is 11.0. The van der Waals surface area contributed by atoms with E-state index in [-0.39, 0.29) is 0 Å². The number of benzene rings is 1. The van der Waals surface area contributed by atoms with E-state index in [1.54, 1.807) is 0 Å². The SMILES string of the molecule is CC1CCc2nnc(-c3ccccc3Br)n2C1. The lowest BCUT2D eigenvalue weighted by atomic mass is 10.0. The Morgan fingerprint density at radius 1 is 1.29 bits per heavy atom. The molecule has 0 saturated heterocycles. The Kier molecular flexibility index (Phi) is 2.74. The van der Waals surface area contributed by atoms with E-state index in [9.17, 15) is 0 Å². The molecule has 1 aliphatic rings. The summed E-state index contributed by atoms with van der Waals surface area (Å²) < 4.78 is 3.34. The van der Waals surface area contributed by atoms with Gasteiger partial charge < -0.3 is 4.57 Å². The van der Waals surface area contributed by atoms with Crippen molar-refractivity contribution in [2.24, 2.45) is 5.92 Å².